The van der Waals surface area contributed by atoms with Crippen LogP contribution in [0.4, 0.5) is 0 Å². The first-order valence-corrected chi connectivity index (χ1v) is 6.60. The van der Waals surface area contributed by atoms with Gasteiger partial charge in [0.25, 0.3) is 0 Å². The van der Waals surface area contributed by atoms with Crippen molar-refractivity contribution in [1.82, 2.24) is 19.6 Å². The third-order valence-electron chi connectivity index (χ3n) is 3.66. The number of rotatable bonds is 5. The molecule has 0 aromatic carbocycles. The molecular formula is C13H24N4O. The van der Waals surface area contributed by atoms with E-state index >= 15 is 0 Å². The maximum absolute atomic E-state index is 9.82. The molecule has 18 heavy (non-hydrogen) atoms. The van der Waals surface area contributed by atoms with Gasteiger partial charge in [-0.1, -0.05) is 0 Å². The number of likely N-dealkylation sites (N-methyl/N-ethyl adjacent to an activating group) is 1. The van der Waals surface area contributed by atoms with Gasteiger partial charge in [-0.25, -0.2) is 0 Å². The predicted octanol–water partition coefficient (Wildman–Crippen LogP) is -0.0406. The topological polar surface area (TPSA) is 44.5 Å². The molecule has 1 fully saturated rings. The monoisotopic (exact) mass is 252 g/mol. The molecule has 1 N–H and O–H groups in total. The summed E-state index contributed by atoms with van der Waals surface area (Å²) in [6.07, 6.45) is 3.56. The molecule has 2 unspecified atom stereocenters. The van der Waals surface area contributed by atoms with Gasteiger partial charge in [-0.05, 0) is 26.6 Å². The first kappa shape index (κ1) is 13.5. The number of likely N-dealkylation sites (tertiary alicyclic amines) is 1. The van der Waals surface area contributed by atoms with Crippen LogP contribution >= 0.6 is 0 Å². The van der Waals surface area contributed by atoms with E-state index in [1.165, 1.54) is 5.69 Å². The second kappa shape index (κ2) is 5.82. The Balaban J connectivity index is 1.89. The van der Waals surface area contributed by atoms with Gasteiger partial charge >= 0.3 is 0 Å². The van der Waals surface area contributed by atoms with Gasteiger partial charge in [-0.15, -0.1) is 0 Å². The third kappa shape index (κ3) is 3.31. The number of aromatic nitrogens is 2. The maximum atomic E-state index is 9.82. The molecule has 102 valence electrons. The summed E-state index contributed by atoms with van der Waals surface area (Å²) < 4.78 is 1.92. The molecule has 0 amide bonds. The third-order valence-corrected chi connectivity index (χ3v) is 3.66. The van der Waals surface area contributed by atoms with Crippen LogP contribution in [0, 0.1) is 0 Å². The molecule has 0 aliphatic carbocycles. The van der Waals surface area contributed by atoms with Gasteiger partial charge in [0, 0.05) is 51.0 Å². The van der Waals surface area contributed by atoms with Crippen molar-refractivity contribution in [3.63, 3.8) is 0 Å². The lowest BCUT2D eigenvalue weighted by Gasteiger charge is -2.26. The number of β-amino-alcohol motifs (C(OH)–C–C–N with tert-alkyl or cyclic N) is 1. The fourth-order valence-electron chi connectivity index (χ4n) is 2.75. The number of hydrogen-bond donors (Lipinski definition) is 1. The van der Waals surface area contributed by atoms with E-state index in [-0.39, 0.29) is 6.10 Å². The largest absolute Gasteiger partial charge is 0.392 e. The summed E-state index contributed by atoms with van der Waals surface area (Å²) >= 11 is 0. The van der Waals surface area contributed by atoms with E-state index < -0.39 is 0 Å². The molecule has 5 nitrogen and oxygen atoms in total. The molecule has 0 bridgehead atoms. The summed E-state index contributed by atoms with van der Waals surface area (Å²) in [5.74, 6) is 0. The smallest absolute Gasteiger partial charge is 0.0682 e. The normalized spacial score (nSPS) is 25.2. The van der Waals surface area contributed by atoms with E-state index in [2.05, 4.69) is 35.1 Å². The van der Waals surface area contributed by atoms with Gasteiger partial charge in [0.2, 0.25) is 0 Å². The molecule has 2 atom stereocenters. The van der Waals surface area contributed by atoms with E-state index in [0.29, 0.717) is 6.04 Å². The molecule has 1 aliphatic rings. The molecule has 0 saturated carbocycles. The van der Waals surface area contributed by atoms with Crippen molar-refractivity contribution < 1.29 is 5.11 Å². The van der Waals surface area contributed by atoms with Crippen molar-refractivity contribution in [1.29, 1.82) is 0 Å². The van der Waals surface area contributed by atoms with Gasteiger partial charge in [0.1, 0.15) is 0 Å². The Morgan fingerprint density at radius 2 is 2.28 bits per heavy atom. The van der Waals surface area contributed by atoms with E-state index in [0.717, 1.165) is 32.5 Å². The zero-order valence-electron chi connectivity index (χ0n) is 11.6. The Hall–Kier alpha value is -0.910. The quantitative estimate of drug-likeness (QED) is 0.798. The first-order valence-electron chi connectivity index (χ1n) is 6.60. The van der Waals surface area contributed by atoms with E-state index in [9.17, 15) is 5.11 Å². The Bertz CT molecular complexity index is 377. The Morgan fingerprint density at radius 3 is 2.89 bits per heavy atom. The second-order valence-electron chi connectivity index (χ2n) is 5.50. The molecular weight excluding hydrogens is 228 g/mol. The van der Waals surface area contributed by atoms with Crippen LogP contribution in [-0.2, 0) is 13.5 Å². The molecule has 5 heteroatoms. The Kier molecular flexibility index (Phi) is 4.37. The standard InChI is InChI=1S/C13H24N4O/c1-15(2)9-12-8-13(18)10-17(12)7-5-11-4-6-14-16(11)3/h4,6,12-13,18H,5,7-10H2,1-3H3. The number of aliphatic hydroxyl groups is 1. The summed E-state index contributed by atoms with van der Waals surface area (Å²) in [6, 6.07) is 2.54. The van der Waals surface area contributed by atoms with Crippen molar-refractivity contribution in [3.8, 4) is 0 Å². The van der Waals surface area contributed by atoms with Crippen molar-refractivity contribution in [2.45, 2.75) is 25.0 Å². The van der Waals surface area contributed by atoms with Crippen molar-refractivity contribution in [2.75, 3.05) is 33.7 Å². The Labute approximate surface area is 109 Å². The van der Waals surface area contributed by atoms with Gasteiger partial charge < -0.3 is 10.0 Å². The van der Waals surface area contributed by atoms with Crippen LogP contribution in [0.15, 0.2) is 12.3 Å². The van der Waals surface area contributed by atoms with E-state index in [1.807, 2.05) is 17.9 Å². The summed E-state index contributed by atoms with van der Waals surface area (Å²) in [4.78, 5) is 4.59. The van der Waals surface area contributed by atoms with Crippen LogP contribution in [0.2, 0.25) is 0 Å². The van der Waals surface area contributed by atoms with Crippen molar-refractivity contribution in [3.05, 3.63) is 18.0 Å². The van der Waals surface area contributed by atoms with Crippen molar-refractivity contribution in [2.24, 2.45) is 7.05 Å². The number of aryl methyl sites for hydroxylation is 1. The Morgan fingerprint density at radius 1 is 1.50 bits per heavy atom. The molecule has 0 radical (unpaired) electrons. The summed E-state index contributed by atoms with van der Waals surface area (Å²) in [7, 11) is 6.15. The van der Waals surface area contributed by atoms with Crippen LogP contribution < -0.4 is 0 Å². The molecule has 0 spiro atoms. The van der Waals surface area contributed by atoms with Crippen LogP contribution in [0.1, 0.15) is 12.1 Å². The van der Waals surface area contributed by atoms with Crippen molar-refractivity contribution >= 4 is 0 Å². The SMILES string of the molecule is CN(C)CC1CC(O)CN1CCc1ccnn1C. The minimum atomic E-state index is -0.165. The molecule has 2 heterocycles. The van der Waals surface area contributed by atoms with Crippen LogP contribution in [0.3, 0.4) is 0 Å². The maximum Gasteiger partial charge on any atom is 0.0682 e. The van der Waals surface area contributed by atoms with Crippen LogP contribution in [0.25, 0.3) is 0 Å². The van der Waals surface area contributed by atoms with Crippen LogP contribution in [-0.4, -0.2) is 70.6 Å². The fourth-order valence-corrected chi connectivity index (χ4v) is 2.75. The zero-order valence-corrected chi connectivity index (χ0v) is 11.6. The highest BCUT2D eigenvalue weighted by Gasteiger charge is 2.30. The average molecular weight is 252 g/mol. The highest BCUT2D eigenvalue weighted by molar-refractivity contribution is 5.01. The predicted molar refractivity (Wildman–Crippen MR) is 71.5 cm³/mol. The summed E-state index contributed by atoms with van der Waals surface area (Å²) in [5.41, 5.74) is 1.25. The highest BCUT2D eigenvalue weighted by Crippen LogP contribution is 2.18. The minimum Gasteiger partial charge on any atom is -0.392 e. The van der Waals surface area contributed by atoms with Gasteiger partial charge in [0.05, 0.1) is 6.10 Å². The lowest BCUT2D eigenvalue weighted by Crippen LogP contribution is -2.38. The average Bonchev–Trinajstić information content (AvgIpc) is 2.82. The first-order chi connectivity index (χ1) is 8.56. The van der Waals surface area contributed by atoms with E-state index in [4.69, 9.17) is 0 Å². The molecule has 2 rings (SSSR count). The fraction of sp³-hybridized carbons (Fsp3) is 0.769. The number of nitrogens with zero attached hydrogens (tertiary/aromatic N) is 4. The minimum absolute atomic E-state index is 0.165. The highest BCUT2D eigenvalue weighted by atomic mass is 16.3. The van der Waals surface area contributed by atoms with Crippen LogP contribution in [0.5, 0.6) is 0 Å². The number of hydrogen-bond acceptors (Lipinski definition) is 4. The van der Waals surface area contributed by atoms with Gasteiger partial charge in [0.15, 0.2) is 0 Å². The van der Waals surface area contributed by atoms with E-state index in [1.54, 1.807) is 0 Å². The summed E-state index contributed by atoms with van der Waals surface area (Å²) in [6.45, 7) is 2.81. The second-order valence-corrected chi connectivity index (χ2v) is 5.50. The molecule has 1 aromatic rings. The van der Waals surface area contributed by atoms with Gasteiger partial charge in [-0.3, -0.25) is 9.58 Å². The molecule has 1 aliphatic heterocycles. The molecule has 1 saturated heterocycles. The summed E-state index contributed by atoms with van der Waals surface area (Å²) in [5, 5.41) is 14.0. The zero-order chi connectivity index (χ0) is 13.1. The lowest BCUT2D eigenvalue weighted by atomic mass is 10.2. The molecule has 1 aromatic heterocycles. The number of aliphatic hydroxyl groups excluding tert-OH is 1. The van der Waals surface area contributed by atoms with Gasteiger partial charge in [-0.2, -0.15) is 5.10 Å². The lowest BCUT2D eigenvalue weighted by molar-refractivity contribution is 0.173.